The Balaban J connectivity index is 2.04. The van der Waals surface area contributed by atoms with Gasteiger partial charge in [0.15, 0.2) is 5.82 Å². The van der Waals surface area contributed by atoms with Gasteiger partial charge >= 0.3 is 5.69 Å². The lowest BCUT2D eigenvalue weighted by molar-refractivity contribution is 0.270. The number of aromatic nitrogens is 2. The summed E-state index contributed by atoms with van der Waals surface area (Å²) in [4.78, 5) is 14.8. The van der Waals surface area contributed by atoms with Gasteiger partial charge in [-0.05, 0) is 43.7 Å². The fourth-order valence-corrected chi connectivity index (χ4v) is 3.42. The lowest BCUT2D eigenvalue weighted by Crippen LogP contribution is -2.26. The van der Waals surface area contributed by atoms with E-state index < -0.39 is 5.82 Å². The highest BCUT2D eigenvalue weighted by Crippen LogP contribution is 2.34. The molecule has 4 nitrogen and oxygen atoms in total. The molecule has 0 radical (unpaired) electrons. The van der Waals surface area contributed by atoms with E-state index in [1.807, 2.05) is 0 Å². The number of H-pyrrole nitrogens is 1. The maximum absolute atomic E-state index is 14.1. The normalized spacial score (nSPS) is 22.3. The van der Waals surface area contributed by atoms with Crippen molar-refractivity contribution < 1.29 is 4.39 Å². The third-order valence-electron chi connectivity index (χ3n) is 4.71. The van der Waals surface area contributed by atoms with Crippen LogP contribution in [0.25, 0.3) is 11.0 Å². The number of benzene rings is 1. The summed E-state index contributed by atoms with van der Waals surface area (Å²) in [6, 6.07) is 5.04. The van der Waals surface area contributed by atoms with Crippen LogP contribution in [0.3, 0.4) is 0 Å². The molecule has 110 valence electrons. The van der Waals surface area contributed by atoms with Crippen molar-refractivity contribution in [2.45, 2.75) is 45.1 Å². The molecule has 3 rings (SSSR count). The van der Waals surface area contributed by atoms with Crippen molar-refractivity contribution in [3.8, 4) is 6.07 Å². The van der Waals surface area contributed by atoms with Crippen molar-refractivity contribution in [2.24, 2.45) is 5.92 Å². The van der Waals surface area contributed by atoms with Crippen LogP contribution in [0.4, 0.5) is 4.39 Å². The molecule has 1 heterocycles. The molecule has 1 aliphatic rings. The SMILES string of the molecule is CCC1CCC(n2c(=O)[nH]c3c(F)c(C#N)ccc32)CC1. The zero-order valence-corrected chi connectivity index (χ0v) is 12.0. The highest BCUT2D eigenvalue weighted by Gasteiger charge is 2.25. The van der Waals surface area contributed by atoms with Crippen LogP contribution in [0.15, 0.2) is 16.9 Å². The highest BCUT2D eigenvalue weighted by molar-refractivity contribution is 5.78. The molecule has 5 heteroatoms. The van der Waals surface area contributed by atoms with Gasteiger partial charge in [-0.25, -0.2) is 9.18 Å². The molecule has 1 aromatic carbocycles. The second-order valence-corrected chi connectivity index (χ2v) is 5.82. The Morgan fingerprint density at radius 2 is 2.10 bits per heavy atom. The molecule has 0 aliphatic heterocycles. The van der Waals surface area contributed by atoms with Gasteiger partial charge in [0.05, 0.1) is 11.1 Å². The first-order valence-electron chi connectivity index (χ1n) is 7.48. The lowest BCUT2D eigenvalue weighted by Gasteiger charge is -2.28. The highest BCUT2D eigenvalue weighted by atomic mass is 19.1. The van der Waals surface area contributed by atoms with E-state index in [1.54, 1.807) is 16.7 Å². The monoisotopic (exact) mass is 287 g/mol. The van der Waals surface area contributed by atoms with Gasteiger partial charge in [0.25, 0.3) is 0 Å². The Bertz CT molecular complexity index is 760. The number of rotatable bonds is 2. The summed E-state index contributed by atoms with van der Waals surface area (Å²) in [7, 11) is 0. The first-order valence-corrected chi connectivity index (χ1v) is 7.48. The average Bonchev–Trinajstić information content (AvgIpc) is 2.85. The summed E-state index contributed by atoms with van der Waals surface area (Å²) in [5.74, 6) is 0.108. The van der Waals surface area contributed by atoms with Crippen molar-refractivity contribution >= 4 is 11.0 Å². The van der Waals surface area contributed by atoms with Gasteiger partial charge in [0, 0.05) is 6.04 Å². The van der Waals surface area contributed by atoms with Crippen molar-refractivity contribution in [2.75, 3.05) is 0 Å². The summed E-state index contributed by atoms with van der Waals surface area (Å²) in [6.07, 6.45) is 5.30. The van der Waals surface area contributed by atoms with Crippen LogP contribution >= 0.6 is 0 Å². The average molecular weight is 287 g/mol. The Labute approximate surface area is 122 Å². The summed E-state index contributed by atoms with van der Waals surface area (Å²) in [5.41, 5.74) is 0.401. The second-order valence-electron chi connectivity index (χ2n) is 5.82. The first kappa shape index (κ1) is 13.9. The molecule has 0 bridgehead atoms. The number of aromatic amines is 1. The topological polar surface area (TPSA) is 61.6 Å². The zero-order valence-electron chi connectivity index (χ0n) is 12.0. The second kappa shape index (κ2) is 5.36. The van der Waals surface area contributed by atoms with E-state index in [1.165, 1.54) is 12.5 Å². The van der Waals surface area contributed by atoms with Gasteiger partial charge in [0.2, 0.25) is 0 Å². The molecule has 0 saturated heterocycles. The minimum atomic E-state index is -0.631. The van der Waals surface area contributed by atoms with E-state index >= 15 is 0 Å². The number of nitrogens with one attached hydrogen (secondary N) is 1. The minimum Gasteiger partial charge on any atom is -0.303 e. The first-order chi connectivity index (χ1) is 10.2. The van der Waals surface area contributed by atoms with E-state index in [-0.39, 0.29) is 22.8 Å². The predicted octanol–water partition coefficient (Wildman–Crippen LogP) is 3.48. The van der Waals surface area contributed by atoms with Crippen LogP contribution in [-0.4, -0.2) is 9.55 Å². The van der Waals surface area contributed by atoms with E-state index in [0.717, 1.165) is 31.6 Å². The summed E-state index contributed by atoms with van der Waals surface area (Å²) in [6.45, 7) is 2.20. The molecule has 0 atom stereocenters. The summed E-state index contributed by atoms with van der Waals surface area (Å²) < 4.78 is 15.8. The molecular formula is C16H18FN3O. The maximum atomic E-state index is 14.1. The molecule has 1 fully saturated rings. The summed E-state index contributed by atoms with van der Waals surface area (Å²) in [5, 5.41) is 8.87. The lowest BCUT2D eigenvalue weighted by atomic mass is 9.84. The minimum absolute atomic E-state index is 0.0365. The predicted molar refractivity (Wildman–Crippen MR) is 78.5 cm³/mol. The molecule has 0 unspecified atom stereocenters. The number of fused-ring (bicyclic) bond motifs is 1. The standard InChI is InChI=1S/C16H18FN3O/c1-2-10-3-6-12(7-4-10)20-13-8-5-11(9-18)14(17)15(13)19-16(20)21/h5,8,10,12H,2-4,6-7H2,1H3,(H,19,21). The Morgan fingerprint density at radius 1 is 1.38 bits per heavy atom. The Morgan fingerprint density at radius 3 is 2.71 bits per heavy atom. The van der Waals surface area contributed by atoms with Crippen LogP contribution in [0, 0.1) is 23.1 Å². The maximum Gasteiger partial charge on any atom is 0.326 e. The number of hydrogen-bond acceptors (Lipinski definition) is 2. The molecule has 1 aromatic heterocycles. The molecule has 0 amide bonds. The van der Waals surface area contributed by atoms with Gasteiger partial charge in [0.1, 0.15) is 11.6 Å². The van der Waals surface area contributed by atoms with Crippen LogP contribution in [0.1, 0.15) is 50.6 Å². The van der Waals surface area contributed by atoms with E-state index in [9.17, 15) is 9.18 Å². The Hall–Kier alpha value is -2.09. The smallest absolute Gasteiger partial charge is 0.303 e. The molecule has 1 saturated carbocycles. The fourth-order valence-electron chi connectivity index (χ4n) is 3.42. The molecular weight excluding hydrogens is 269 g/mol. The third-order valence-corrected chi connectivity index (χ3v) is 4.71. The van der Waals surface area contributed by atoms with Gasteiger partial charge in [-0.2, -0.15) is 5.26 Å². The number of halogens is 1. The van der Waals surface area contributed by atoms with Crippen LogP contribution < -0.4 is 5.69 Å². The van der Waals surface area contributed by atoms with Gasteiger partial charge in [-0.1, -0.05) is 13.3 Å². The fraction of sp³-hybridized carbons (Fsp3) is 0.500. The molecule has 2 aromatic rings. The van der Waals surface area contributed by atoms with E-state index in [2.05, 4.69) is 11.9 Å². The number of nitrogens with zero attached hydrogens (tertiary/aromatic N) is 2. The van der Waals surface area contributed by atoms with Gasteiger partial charge in [-0.15, -0.1) is 0 Å². The van der Waals surface area contributed by atoms with Crippen molar-refractivity contribution in [1.82, 2.24) is 9.55 Å². The molecule has 21 heavy (non-hydrogen) atoms. The van der Waals surface area contributed by atoms with Gasteiger partial charge < -0.3 is 4.98 Å². The van der Waals surface area contributed by atoms with E-state index in [4.69, 9.17) is 5.26 Å². The molecule has 1 N–H and O–H groups in total. The van der Waals surface area contributed by atoms with Crippen molar-refractivity contribution in [3.63, 3.8) is 0 Å². The van der Waals surface area contributed by atoms with Crippen LogP contribution in [0.5, 0.6) is 0 Å². The third kappa shape index (κ3) is 2.25. The Kier molecular flexibility index (Phi) is 3.54. The van der Waals surface area contributed by atoms with E-state index in [0.29, 0.717) is 5.52 Å². The van der Waals surface area contributed by atoms with Gasteiger partial charge in [-0.3, -0.25) is 4.57 Å². The van der Waals surface area contributed by atoms with Crippen LogP contribution in [-0.2, 0) is 0 Å². The quantitative estimate of drug-likeness (QED) is 0.919. The number of imidazole rings is 1. The van der Waals surface area contributed by atoms with Crippen molar-refractivity contribution in [1.29, 1.82) is 5.26 Å². The van der Waals surface area contributed by atoms with Crippen LogP contribution in [0.2, 0.25) is 0 Å². The molecule has 0 spiro atoms. The number of hydrogen-bond donors (Lipinski definition) is 1. The number of nitriles is 1. The molecule has 1 aliphatic carbocycles. The zero-order chi connectivity index (χ0) is 15.0. The van der Waals surface area contributed by atoms with Crippen molar-refractivity contribution in [3.05, 3.63) is 34.0 Å². The summed E-state index contributed by atoms with van der Waals surface area (Å²) >= 11 is 0. The largest absolute Gasteiger partial charge is 0.326 e.